The van der Waals surface area contributed by atoms with E-state index in [0.717, 1.165) is 28.4 Å². The van der Waals surface area contributed by atoms with Crippen LogP contribution in [0.5, 0.6) is 0 Å². The molecule has 0 unspecified atom stereocenters. The van der Waals surface area contributed by atoms with Gasteiger partial charge in [0.1, 0.15) is 0 Å². The number of hydrogen-bond donors (Lipinski definition) is 1. The van der Waals surface area contributed by atoms with Gasteiger partial charge < -0.3 is 5.32 Å². The third-order valence-corrected chi connectivity index (χ3v) is 4.65. The summed E-state index contributed by atoms with van der Waals surface area (Å²) in [6, 6.07) is 0.169. The molecule has 0 bridgehead atoms. The molecule has 0 spiro atoms. The molecule has 104 valence electrons. The van der Waals surface area contributed by atoms with Crippen molar-refractivity contribution >= 4 is 17.2 Å². The monoisotopic (exact) mass is 278 g/mol. The Kier molecular flexibility index (Phi) is 4.75. The van der Waals surface area contributed by atoms with Crippen molar-refractivity contribution in [3.05, 3.63) is 27.2 Å². The molecule has 19 heavy (non-hydrogen) atoms. The summed E-state index contributed by atoms with van der Waals surface area (Å²) >= 11 is 1.62. The molecule has 1 aromatic heterocycles. The number of aromatic nitrogens is 1. The molecule has 0 radical (unpaired) electrons. The molecule has 1 amide bonds. The minimum absolute atomic E-state index is 0.103. The summed E-state index contributed by atoms with van der Waals surface area (Å²) in [4.78, 5) is 17.5. The van der Waals surface area contributed by atoms with Crippen LogP contribution in [0.2, 0.25) is 0 Å². The molecule has 1 aromatic rings. The second-order valence-electron chi connectivity index (χ2n) is 5.23. The number of thiazole rings is 1. The number of nitrogens with zero attached hydrogens (tertiary/aromatic N) is 1. The van der Waals surface area contributed by atoms with E-state index in [2.05, 4.69) is 23.3 Å². The zero-order valence-corrected chi connectivity index (χ0v) is 12.8. The summed E-state index contributed by atoms with van der Waals surface area (Å²) in [6.45, 7) is 6.04. The van der Waals surface area contributed by atoms with Crippen LogP contribution in [0.3, 0.4) is 0 Å². The smallest absolute Gasteiger partial charge is 0.225 e. The highest BCUT2D eigenvalue weighted by Crippen LogP contribution is 2.21. The zero-order chi connectivity index (χ0) is 13.8. The summed E-state index contributed by atoms with van der Waals surface area (Å²) in [5, 5.41) is 4.14. The Labute approximate surface area is 119 Å². The summed E-state index contributed by atoms with van der Waals surface area (Å²) in [5.74, 6) is 0.103. The van der Waals surface area contributed by atoms with E-state index in [1.165, 1.54) is 18.4 Å². The van der Waals surface area contributed by atoms with Crippen molar-refractivity contribution in [1.29, 1.82) is 0 Å². The van der Waals surface area contributed by atoms with Crippen LogP contribution in [0.25, 0.3) is 0 Å². The molecular formula is C15H22N2OS. The predicted octanol–water partition coefficient (Wildman–Crippen LogP) is 3.31. The molecule has 0 saturated heterocycles. The van der Waals surface area contributed by atoms with Gasteiger partial charge in [-0.2, -0.15) is 0 Å². The van der Waals surface area contributed by atoms with Gasteiger partial charge in [-0.3, -0.25) is 4.79 Å². The van der Waals surface area contributed by atoms with Gasteiger partial charge in [-0.05, 0) is 46.5 Å². The van der Waals surface area contributed by atoms with Gasteiger partial charge in [0, 0.05) is 10.9 Å². The topological polar surface area (TPSA) is 42.0 Å². The number of rotatable bonds is 4. The molecule has 1 atom stereocenters. The van der Waals surface area contributed by atoms with Crippen LogP contribution in [0.15, 0.2) is 11.6 Å². The fourth-order valence-electron chi connectivity index (χ4n) is 2.52. The van der Waals surface area contributed by atoms with E-state index >= 15 is 0 Å². The average molecular weight is 278 g/mol. The molecule has 1 N–H and O–H groups in total. The third-order valence-electron chi connectivity index (χ3n) is 3.58. The van der Waals surface area contributed by atoms with Gasteiger partial charge >= 0.3 is 0 Å². The molecule has 0 saturated carbocycles. The zero-order valence-electron chi connectivity index (χ0n) is 12.0. The number of carbonyl (C=O) groups is 1. The van der Waals surface area contributed by atoms with Crippen LogP contribution in [0.1, 0.15) is 48.2 Å². The summed E-state index contributed by atoms with van der Waals surface area (Å²) in [6.07, 6.45) is 7.55. The van der Waals surface area contributed by atoms with Crippen molar-refractivity contribution in [1.82, 2.24) is 10.3 Å². The van der Waals surface area contributed by atoms with Crippen LogP contribution in [-0.4, -0.2) is 16.9 Å². The first-order valence-corrected chi connectivity index (χ1v) is 7.79. The number of allylic oxidation sites excluding steroid dienone is 1. The fourth-order valence-corrected chi connectivity index (χ4v) is 3.46. The van der Waals surface area contributed by atoms with Gasteiger partial charge in [0.2, 0.25) is 5.91 Å². The van der Waals surface area contributed by atoms with Crippen molar-refractivity contribution < 1.29 is 4.79 Å². The maximum absolute atomic E-state index is 12.1. The van der Waals surface area contributed by atoms with Crippen LogP contribution in [0, 0.1) is 13.8 Å². The van der Waals surface area contributed by atoms with Crippen molar-refractivity contribution in [2.75, 3.05) is 0 Å². The number of nitrogens with one attached hydrogen (secondary N) is 1. The standard InChI is InChI=1S/C15H22N2OS/c1-10(13-7-5-4-6-8-13)17-15(18)9-14-11(2)16-12(3)19-14/h7,10H,4-6,8-9H2,1-3H3,(H,17,18)/t10-/m1/s1. The maximum Gasteiger partial charge on any atom is 0.225 e. The lowest BCUT2D eigenvalue weighted by Crippen LogP contribution is -2.35. The van der Waals surface area contributed by atoms with Crippen LogP contribution < -0.4 is 5.32 Å². The lowest BCUT2D eigenvalue weighted by atomic mass is 9.94. The molecule has 0 aromatic carbocycles. The maximum atomic E-state index is 12.1. The summed E-state index contributed by atoms with van der Waals surface area (Å²) in [7, 11) is 0. The fraction of sp³-hybridized carbons (Fsp3) is 0.600. The molecule has 1 aliphatic rings. The van der Waals surface area contributed by atoms with E-state index in [-0.39, 0.29) is 11.9 Å². The molecule has 1 aliphatic carbocycles. The van der Waals surface area contributed by atoms with Crippen molar-refractivity contribution in [3.63, 3.8) is 0 Å². The van der Waals surface area contributed by atoms with Gasteiger partial charge in [0.05, 0.1) is 17.1 Å². The van der Waals surface area contributed by atoms with Crippen LogP contribution in [0.4, 0.5) is 0 Å². The molecule has 3 nitrogen and oxygen atoms in total. The average Bonchev–Trinajstić information content (AvgIpc) is 2.68. The number of amides is 1. The van der Waals surface area contributed by atoms with E-state index in [1.54, 1.807) is 11.3 Å². The number of hydrogen-bond acceptors (Lipinski definition) is 3. The Balaban J connectivity index is 1.90. The Hall–Kier alpha value is -1.16. The Morgan fingerprint density at radius 3 is 2.84 bits per heavy atom. The Morgan fingerprint density at radius 2 is 2.26 bits per heavy atom. The molecule has 0 aliphatic heterocycles. The minimum Gasteiger partial charge on any atom is -0.350 e. The largest absolute Gasteiger partial charge is 0.350 e. The van der Waals surface area contributed by atoms with E-state index in [4.69, 9.17) is 0 Å². The lowest BCUT2D eigenvalue weighted by molar-refractivity contribution is -0.120. The van der Waals surface area contributed by atoms with Gasteiger partial charge in [-0.25, -0.2) is 4.98 Å². The highest BCUT2D eigenvalue weighted by atomic mass is 32.1. The predicted molar refractivity (Wildman–Crippen MR) is 79.4 cm³/mol. The third kappa shape index (κ3) is 3.90. The SMILES string of the molecule is Cc1nc(C)c(CC(=O)N[C@H](C)C2=CCCCC2)s1. The van der Waals surface area contributed by atoms with E-state index < -0.39 is 0 Å². The second kappa shape index (κ2) is 6.33. The van der Waals surface area contributed by atoms with Crippen LogP contribution >= 0.6 is 11.3 Å². The Morgan fingerprint density at radius 1 is 1.47 bits per heavy atom. The van der Waals surface area contributed by atoms with E-state index in [0.29, 0.717) is 6.42 Å². The highest BCUT2D eigenvalue weighted by Gasteiger charge is 2.16. The Bertz CT molecular complexity index is 490. The van der Waals surface area contributed by atoms with Crippen molar-refractivity contribution in [3.8, 4) is 0 Å². The second-order valence-corrected chi connectivity index (χ2v) is 6.52. The quantitative estimate of drug-likeness (QED) is 0.859. The molecule has 0 fully saturated rings. The molecule has 2 rings (SSSR count). The molecular weight excluding hydrogens is 256 g/mol. The minimum atomic E-state index is 0.103. The first-order chi connectivity index (χ1) is 9.06. The normalized spacial score (nSPS) is 16.9. The number of carbonyl (C=O) groups excluding carboxylic acids is 1. The van der Waals surface area contributed by atoms with Gasteiger partial charge in [0.25, 0.3) is 0 Å². The lowest BCUT2D eigenvalue weighted by Gasteiger charge is -2.20. The van der Waals surface area contributed by atoms with Crippen LogP contribution in [-0.2, 0) is 11.2 Å². The van der Waals surface area contributed by atoms with E-state index in [1.807, 2.05) is 13.8 Å². The van der Waals surface area contributed by atoms with Gasteiger partial charge in [-0.1, -0.05) is 11.6 Å². The van der Waals surface area contributed by atoms with Gasteiger partial charge in [-0.15, -0.1) is 11.3 Å². The first-order valence-electron chi connectivity index (χ1n) is 6.97. The molecule has 4 heteroatoms. The van der Waals surface area contributed by atoms with Crippen molar-refractivity contribution in [2.24, 2.45) is 0 Å². The highest BCUT2D eigenvalue weighted by molar-refractivity contribution is 7.11. The van der Waals surface area contributed by atoms with Gasteiger partial charge in [0.15, 0.2) is 0 Å². The van der Waals surface area contributed by atoms with E-state index in [9.17, 15) is 4.79 Å². The first kappa shape index (κ1) is 14.3. The van der Waals surface area contributed by atoms with Crippen molar-refractivity contribution in [2.45, 2.75) is 58.9 Å². The summed E-state index contributed by atoms with van der Waals surface area (Å²) < 4.78 is 0. The summed E-state index contributed by atoms with van der Waals surface area (Å²) in [5.41, 5.74) is 2.37. The molecule has 1 heterocycles. The number of aryl methyl sites for hydroxylation is 2.